The molecular weight excluding hydrogens is 340 g/mol. The molecule has 6 nitrogen and oxygen atoms in total. The molecule has 2 aromatic carbocycles. The molecule has 2 N–H and O–H groups in total. The van der Waals surface area contributed by atoms with Crippen molar-refractivity contribution in [1.82, 2.24) is 0 Å². The third-order valence-electron chi connectivity index (χ3n) is 3.66. The van der Waals surface area contributed by atoms with Gasteiger partial charge in [0, 0.05) is 20.2 Å². The van der Waals surface area contributed by atoms with E-state index in [-0.39, 0.29) is 17.9 Å². The third kappa shape index (κ3) is 3.32. The molecule has 0 aliphatic heterocycles. The van der Waals surface area contributed by atoms with E-state index in [2.05, 4.69) is 10.5 Å². The molecule has 0 spiro atoms. The van der Waals surface area contributed by atoms with Gasteiger partial charge in [-0.3, -0.25) is 5.43 Å². The summed E-state index contributed by atoms with van der Waals surface area (Å²) in [6.07, 6.45) is 0. The molecule has 3 rings (SSSR count). The van der Waals surface area contributed by atoms with Crippen LogP contribution < -0.4 is 5.43 Å². The first kappa shape index (κ1) is 16.9. The van der Waals surface area contributed by atoms with E-state index in [0.717, 1.165) is 20.2 Å². The summed E-state index contributed by atoms with van der Waals surface area (Å²) in [6, 6.07) is 11.2. The summed E-state index contributed by atoms with van der Waals surface area (Å²) in [7, 11) is 0. The molecular formula is C18H16N2O4S. The van der Waals surface area contributed by atoms with Crippen LogP contribution in [0.4, 0.5) is 5.69 Å². The predicted octanol–water partition coefficient (Wildman–Crippen LogP) is 4.10. The summed E-state index contributed by atoms with van der Waals surface area (Å²) < 4.78 is 6.88. The average Bonchev–Trinajstić information content (AvgIpc) is 2.96. The van der Waals surface area contributed by atoms with Crippen LogP contribution >= 0.6 is 11.3 Å². The van der Waals surface area contributed by atoms with E-state index in [9.17, 15) is 14.7 Å². The number of rotatable bonds is 5. The summed E-state index contributed by atoms with van der Waals surface area (Å²) in [6.45, 7) is 3.46. The first-order chi connectivity index (χ1) is 12.0. The number of aromatic carboxylic acids is 1. The zero-order valence-electron chi connectivity index (χ0n) is 13.7. The maximum absolute atomic E-state index is 11.6. The maximum atomic E-state index is 11.6. The van der Waals surface area contributed by atoms with Gasteiger partial charge in [0.25, 0.3) is 0 Å². The number of nitrogens with one attached hydrogen (secondary N) is 1. The highest BCUT2D eigenvalue weighted by atomic mass is 32.1. The molecule has 0 saturated heterocycles. The number of hydrogen-bond donors (Lipinski definition) is 2. The summed E-state index contributed by atoms with van der Waals surface area (Å²) in [5, 5.41) is 15.4. The molecule has 25 heavy (non-hydrogen) atoms. The number of hydrazone groups is 1. The zero-order chi connectivity index (χ0) is 18.0. The molecule has 1 aromatic heterocycles. The monoisotopic (exact) mass is 356 g/mol. The van der Waals surface area contributed by atoms with Gasteiger partial charge in [0.15, 0.2) is 0 Å². The van der Waals surface area contributed by atoms with Gasteiger partial charge in [-0.05, 0) is 32.0 Å². The number of anilines is 1. The molecule has 0 fully saturated rings. The predicted molar refractivity (Wildman–Crippen MR) is 99.7 cm³/mol. The number of carbonyl (C=O) groups is 2. The largest absolute Gasteiger partial charge is 0.478 e. The Bertz CT molecular complexity index is 1010. The van der Waals surface area contributed by atoms with Gasteiger partial charge in [0.1, 0.15) is 5.71 Å². The van der Waals surface area contributed by atoms with Gasteiger partial charge >= 0.3 is 11.9 Å². The minimum atomic E-state index is -1.07. The van der Waals surface area contributed by atoms with Crippen LogP contribution in [0.25, 0.3) is 20.2 Å². The highest BCUT2D eigenvalue weighted by Gasteiger charge is 2.15. The van der Waals surface area contributed by atoms with E-state index in [1.807, 2.05) is 24.3 Å². The standard InChI is InChI=1S/C18H16N2O4S/c1-3-24-18(23)10(2)19-20-14-9-16-12(8-13(14)17(21)22)11-6-4-5-7-15(11)25-16/h4-9,20H,3H2,1-2H3,(H,21,22). The van der Waals surface area contributed by atoms with Gasteiger partial charge in [0.05, 0.1) is 17.9 Å². The number of carboxylic acids is 1. The minimum absolute atomic E-state index is 0.0939. The zero-order valence-corrected chi connectivity index (χ0v) is 14.5. The van der Waals surface area contributed by atoms with Crippen LogP contribution in [0.1, 0.15) is 24.2 Å². The second-order valence-electron chi connectivity index (χ2n) is 5.33. The molecule has 0 aliphatic rings. The topological polar surface area (TPSA) is 88.0 Å². The SMILES string of the molecule is CCOC(=O)C(C)=NNc1cc2sc3ccccc3c2cc1C(=O)O. The van der Waals surface area contributed by atoms with Crippen molar-refractivity contribution in [1.29, 1.82) is 0 Å². The lowest BCUT2D eigenvalue weighted by Gasteiger charge is -2.07. The first-order valence-electron chi connectivity index (χ1n) is 7.67. The molecule has 0 radical (unpaired) electrons. The molecule has 1 heterocycles. The van der Waals surface area contributed by atoms with E-state index in [4.69, 9.17) is 4.74 Å². The number of ether oxygens (including phenoxy) is 1. The van der Waals surface area contributed by atoms with Crippen molar-refractivity contribution in [2.24, 2.45) is 5.10 Å². The Kier molecular flexibility index (Phi) is 4.67. The molecule has 0 bridgehead atoms. The fraction of sp³-hybridized carbons (Fsp3) is 0.167. The number of fused-ring (bicyclic) bond motifs is 3. The van der Waals surface area contributed by atoms with Crippen molar-refractivity contribution < 1.29 is 19.4 Å². The fourth-order valence-corrected chi connectivity index (χ4v) is 3.59. The van der Waals surface area contributed by atoms with Crippen molar-refractivity contribution in [2.45, 2.75) is 13.8 Å². The van der Waals surface area contributed by atoms with E-state index >= 15 is 0 Å². The number of benzene rings is 2. The quantitative estimate of drug-likeness (QED) is 0.408. The Morgan fingerprint density at radius 3 is 2.68 bits per heavy atom. The van der Waals surface area contributed by atoms with Gasteiger partial charge in [-0.1, -0.05) is 18.2 Å². The summed E-state index contributed by atoms with van der Waals surface area (Å²) in [4.78, 5) is 23.2. The highest BCUT2D eigenvalue weighted by molar-refractivity contribution is 7.25. The number of carboxylic acid groups (broad SMARTS) is 1. The second kappa shape index (κ2) is 6.90. The van der Waals surface area contributed by atoms with Gasteiger partial charge < -0.3 is 9.84 Å². The smallest absolute Gasteiger partial charge is 0.354 e. The van der Waals surface area contributed by atoms with Gasteiger partial charge in [-0.15, -0.1) is 11.3 Å². The van der Waals surface area contributed by atoms with E-state index in [1.54, 1.807) is 30.4 Å². The van der Waals surface area contributed by atoms with Crippen LogP contribution in [-0.4, -0.2) is 29.4 Å². The average molecular weight is 356 g/mol. The van der Waals surface area contributed by atoms with Crippen molar-refractivity contribution in [3.63, 3.8) is 0 Å². The van der Waals surface area contributed by atoms with Crippen LogP contribution in [0.5, 0.6) is 0 Å². The number of esters is 1. The van der Waals surface area contributed by atoms with Gasteiger partial charge in [-0.2, -0.15) is 5.10 Å². The van der Waals surface area contributed by atoms with Crippen LogP contribution in [0, 0.1) is 0 Å². The third-order valence-corrected chi connectivity index (χ3v) is 4.80. The fourth-order valence-electron chi connectivity index (χ4n) is 2.47. The second-order valence-corrected chi connectivity index (χ2v) is 6.41. The van der Waals surface area contributed by atoms with Crippen LogP contribution in [0.15, 0.2) is 41.5 Å². The van der Waals surface area contributed by atoms with Crippen LogP contribution in [-0.2, 0) is 9.53 Å². The molecule has 0 saturated carbocycles. The summed E-state index contributed by atoms with van der Waals surface area (Å²) in [5.74, 6) is -1.61. The lowest BCUT2D eigenvalue weighted by Crippen LogP contribution is -2.16. The summed E-state index contributed by atoms with van der Waals surface area (Å²) in [5.41, 5.74) is 3.23. The molecule has 0 aliphatic carbocycles. The number of thiophene rings is 1. The molecule has 3 aromatic rings. The Hall–Kier alpha value is -2.93. The Morgan fingerprint density at radius 2 is 1.96 bits per heavy atom. The van der Waals surface area contributed by atoms with Crippen LogP contribution in [0.3, 0.4) is 0 Å². The van der Waals surface area contributed by atoms with Gasteiger partial charge in [-0.25, -0.2) is 9.59 Å². The molecule has 7 heteroatoms. The summed E-state index contributed by atoms with van der Waals surface area (Å²) >= 11 is 1.57. The molecule has 0 atom stereocenters. The number of carbonyl (C=O) groups excluding carboxylic acids is 1. The Balaban J connectivity index is 2.06. The highest BCUT2D eigenvalue weighted by Crippen LogP contribution is 2.36. The van der Waals surface area contributed by atoms with E-state index in [0.29, 0.717) is 5.69 Å². The normalized spacial score (nSPS) is 11.7. The molecule has 0 unspecified atom stereocenters. The number of hydrogen-bond acceptors (Lipinski definition) is 6. The van der Waals surface area contributed by atoms with Crippen molar-refractivity contribution >= 4 is 54.8 Å². The molecule has 128 valence electrons. The maximum Gasteiger partial charge on any atom is 0.354 e. The lowest BCUT2D eigenvalue weighted by atomic mass is 10.1. The van der Waals surface area contributed by atoms with Crippen molar-refractivity contribution in [3.8, 4) is 0 Å². The number of nitrogens with zero attached hydrogens (tertiary/aromatic N) is 1. The first-order valence-corrected chi connectivity index (χ1v) is 8.49. The minimum Gasteiger partial charge on any atom is -0.478 e. The van der Waals surface area contributed by atoms with E-state index in [1.165, 1.54) is 6.92 Å². The molecule has 0 amide bonds. The van der Waals surface area contributed by atoms with Gasteiger partial charge in [0.2, 0.25) is 0 Å². The Labute approximate surface area is 147 Å². The van der Waals surface area contributed by atoms with Crippen molar-refractivity contribution in [3.05, 3.63) is 42.0 Å². The van der Waals surface area contributed by atoms with Crippen LogP contribution in [0.2, 0.25) is 0 Å². The van der Waals surface area contributed by atoms with E-state index < -0.39 is 11.9 Å². The van der Waals surface area contributed by atoms with Crippen molar-refractivity contribution in [2.75, 3.05) is 12.0 Å². The lowest BCUT2D eigenvalue weighted by molar-refractivity contribution is -0.135. The Morgan fingerprint density at radius 1 is 1.20 bits per heavy atom.